The number of benzene rings is 1. The summed E-state index contributed by atoms with van der Waals surface area (Å²) in [6.07, 6.45) is -4.50. The number of carbonyl (C=O) groups is 1. The largest absolute Gasteiger partial charge is 0.466 e. The molecule has 10 nitrogen and oxygen atoms in total. The van der Waals surface area contributed by atoms with Gasteiger partial charge >= 0.3 is 12.1 Å². The molecule has 0 spiro atoms. The van der Waals surface area contributed by atoms with Crippen LogP contribution in [-0.4, -0.2) is 50.0 Å². The molecule has 0 aliphatic carbocycles. The Balaban J connectivity index is 1.81. The van der Waals surface area contributed by atoms with E-state index in [0.717, 1.165) is 6.07 Å². The van der Waals surface area contributed by atoms with Crippen LogP contribution in [0.3, 0.4) is 0 Å². The Morgan fingerprint density at radius 3 is 2.66 bits per heavy atom. The number of piperidine rings is 1. The second kappa shape index (κ2) is 10.4. The van der Waals surface area contributed by atoms with Crippen molar-refractivity contribution in [3.8, 4) is 0 Å². The highest BCUT2D eigenvalue weighted by atomic mass is 79.9. The second-order valence-electron chi connectivity index (χ2n) is 7.58. The van der Waals surface area contributed by atoms with Crippen molar-refractivity contribution in [3.63, 3.8) is 0 Å². The first-order valence-corrected chi connectivity index (χ1v) is 12.5. The molecule has 190 valence electrons. The van der Waals surface area contributed by atoms with Gasteiger partial charge in [0.1, 0.15) is 22.4 Å². The number of nitro groups is 1. The molecule has 3 rings (SSSR count). The van der Waals surface area contributed by atoms with Gasteiger partial charge in [-0.3, -0.25) is 19.6 Å². The van der Waals surface area contributed by atoms with Crippen molar-refractivity contribution >= 4 is 43.6 Å². The quantitative estimate of drug-likeness (QED) is 0.298. The van der Waals surface area contributed by atoms with Gasteiger partial charge in [0.2, 0.25) is 6.04 Å². The van der Waals surface area contributed by atoms with Crippen LogP contribution in [-0.2, 0) is 25.7 Å². The molecule has 1 aromatic heterocycles. The van der Waals surface area contributed by atoms with E-state index in [1.54, 1.807) is 11.8 Å². The van der Waals surface area contributed by atoms with Gasteiger partial charge in [0, 0.05) is 15.9 Å². The smallest absolute Gasteiger partial charge is 0.416 e. The van der Waals surface area contributed by atoms with Crippen molar-refractivity contribution in [1.29, 1.82) is 0 Å². The Hall–Kier alpha value is -2.94. The van der Waals surface area contributed by atoms with Gasteiger partial charge in [0.05, 0.1) is 18.7 Å². The normalized spacial score (nSPS) is 18.7. The van der Waals surface area contributed by atoms with Crippen molar-refractivity contribution in [3.05, 3.63) is 56.5 Å². The maximum absolute atomic E-state index is 12.9. The van der Waals surface area contributed by atoms with Gasteiger partial charge in [-0.05, 0) is 59.6 Å². The number of ether oxygens (including phenoxy) is 1. The van der Waals surface area contributed by atoms with Crippen LogP contribution in [0.1, 0.15) is 18.9 Å². The van der Waals surface area contributed by atoms with Crippen molar-refractivity contribution in [1.82, 2.24) is 4.98 Å². The molecular formula is C20H20BrF3N4O6S. The number of hydrogen-bond acceptors (Lipinski definition) is 8. The van der Waals surface area contributed by atoms with Crippen LogP contribution >= 0.6 is 15.9 Å². The van der Waals surface area contributed by atoms with Gasteiger partial charge in [-0.2, -0.15) is 13.2 Å². The fourth-order valence-corrected chi connectivity index (χ4v) is 5.70. The molecule has 1 aliphatic rings. The SMILES string of the molecule is CCOC(=O)C1CCN(c2cccc(NS(=O)(=O)c3ccc(C(F)(F)F)cc3Br)n2)CC1[N+](=O)[O-]. The van der Waals surface area contributed by atoms with Crippen molar-refractivity contribution in [2.75, 3.05) is 29.3 Å². The lowest BCUT2D eigenvalue weighted by Gasteiger charge is -2.33. The summed E-state index contributed by atoms with van der Waals surface area (Å²) in [5.41, 5.74) is -1.02. The number of pyridine rings is 1. The Morgan fingerprint density at radius 2 is 2.06 bits per heavy atom. The number of rotatable bonds is 7. The summed E-state index contributed by atoms with van der Waals surface area (Å²) in [5.74, 6) is -1.48. The first kappa shape index (κ1) is 26.7. The number of alkyl halides is 3. The lowest BCUT2D eigenvalue weighted by Crippen LogP contribution is -2.51. The molecule has 0 bridgehead atoms. The molecule has 15 heteroatoms. The second-order valence-corrected chi connectivity index (χ2v) is 10.1. The predicted molar refractivity (Wildman–Crippen MR) is 122 cm³/mol. The summed E-state index contributed by atoms with van der Waals surface area (Å²) in [6.45, 7) is 1.79. The van der Waals surface area contributed by atoms with Crippen LogP contribution in [0.4, 0.5) is 24.8 Å². The third kappa shape index (κ3) is 6.20. The lowest BCUT2D eigenvalue weighted by atomic mass is 9.92. The molecule has 2 unspecified atom stereocenters. The van der Waals surface area contributed by atoms with Crippen LogP contribution < -0.4 is 9.62 Å². The predicted octanol–water partition coefficient (Wildman–Crippen LogP) is 3.70. The minimum atomic E-state index is -4.64. The van der Waals surface area contributed by atoms with Gasteiger partial charge in [-0.25, -0.2) is 13.4 Å². The molecule has 2 aromatic rings. The van der Waals surface area contributed by atoms with Gasteiger partial charge < -0.3 is 9.64 Å². The summed E-state index contributed by atoms with van der Waals surface area (Å²) >= 11 is 2.86. The Morgan fingerprint density at radius 1 is 1.34 bits per heavy atom. The summed E-state index contributed by atoms with van der Waals surface area (Å²) in [4.78, 5) is 28.4. The van der Waals surface area contributed by atoms with Crippen LogP contribution in [0.25, 0.3) is 0 Å². The van der Waals surface area contributed by atoms with Crippen molar-refractivity contribution in [2.45, 2.75) is 30.5 Å². The van der Waals surface area contributed by atoms with Crippen LogP contribution in [0.2, 0.25) is 0 Å². The van der Waals surface area contributed by atoms with E-state index in [4.69, 9.17) is 4.74 Å². The van der Waals surface area contributed by atoms with E-state index in [9.17, 15) is 36.5 Å². The summed E-state index contributed by atoms with van der Waals surface area (Å²) < 4.78 is 71.0. The molecule has 0 saturated carbocycles. The molecule has 35 heavy (non-hydrogen) atoms. The summed E-state index contributed by atoms with van der Waals surface area (Å²) in [7, 11) is -4.32. The zero-order chi connectivity index (χ0) is 26.0. The first-order chi connectivity index (χ1) is 16.3. The van der Waals surface area contributed by atoms with E-state index >= 15 is 0 Å². The maximum atomic E-state index is 12.9. The molecule has 1 aromatic carbocycles. The van der Waals surface area contributed by atoms with Gasteiger partial charge in [0.15, 0.2) is 0 Å². The minimum Gasteiger partial charge on any atom is -0.466 e. The monoisotopic (exact) mass is 580 g/mol. The molecule has 0 radical (unpaired) electrons. The molecule has 1 N–H and O–H groups in total. The fourth-order valence-electron chi connectivity index (χ4n) is 3.62. The average molecular weight is 581 g/mol. The molecule has 2 heterocycles. The van der Waals surface area contributed by atoms with E-state index in [-0.39, 0.29) is 42.2 Å². The number of halogens is 4. The Kier molecular flexibility index (Phi) is 7.89. The maximum Gasteiger partial charge on any atom is 0.416 e. The average Bonchev–Trinajstić information content (AvgIpc) is 2.77. The highest BCUT2D eigenvalue weighted by Crippen LogP contribution is 2.34. The number of esters is 1. The minimum absolute atomic E-state index is 0.0995. The van der Waals surface area contributed by atoms with Gasteiger partial charge in [-0.15, -0.1) is 0 Å². The van der Waals surface area contributed by atoms with Crippen LogP contribution in [0.5, 0.6) is 0 Å². The summed E-state index contributed by atoms with van der Waals surface area (Å²) in [5, 5.41) is 11.6. The lowest BCUT2D eigenvalue weighted by molar-refractivity contribution is -0.528. The Bertz CT molecular complexity index is 1230. The number of anilines is 2. The molecule has 0 amide bonds. The highest BCUT2D eigenvalue weighted by Gasteiger charge is 2.43. The zero-order valence-electron chi connectivity index (χ0n) is 18.2. The van der Waals surface area contributed by atoms with E-state index in [0.29, 0.717) is 12.1 Å². The van der Waals surface area contributed by atoms with Gasteiger partial charge in [-0.1, -0.05) is 6.07 Å². The van der Waals surface area contributed by atoms with E-state index in [1.807, 2.05) is 0 Å². The van der Waals surface area contributed by atoms with Crippen LogP contribution in [0.15, 0.2) is 45.8 Å². The van der Waals surface area contributed by atoms with Crippen molar-refractivity contribution < 1.29 is 36.0 Å². The van der Waals surface area contributed by atoms with Gasteiger partial charge in [0.25, 0.3) is 10.0 Å². The molecule has 1 saturated heterocycles. The Labute approximate surface area is 206 Å². The molecule has 1 fully saturated rings. The topological polar surface area (TPSA) is 132 Å². The number of nitrogens with one attached hydrogen (secondary N) is 1. The van der Waals surface area contributed by atoms with E-state index < -0.39 is 49.5 Å². The van der Waals surface area contributed by atoms with Crippen molar-refractivity contribution in [2.24, 2.45) is 5.92 Å². The first-order valence-electron chi connectivity index (χ1n) is 10.2. The standard InChI is InChI=1S/C20H20BrF3N4O6S/c1-2-34-19(29)13-8-9-27(11-15(13)28(30)31)18-5-3-4-17(25-18)26-35(32,33)16-7-6-12(10-14(16)21)20(22,23)24/h3-7,10,13,15H,2,8-9,11H2,1H3,(H,25,26). The molecule has 2 atom stereocenters. The molecular weight excluding hydrogens is 561 g/mol. The van der Waals surface area contributed by atoms with Crippen LogP contribution in [0, 0.1) is 16.0 Å². The van der Waals surface area contributed by atoms with E-state index in [1.165, 1.54) is 18.2 Å². The zero-order valence-corrected chi connectivity index (χ0v) is 20.6. The number of carbonyl (C=O) groups excluding carboxylic acids is 1. The molecule has 1 aliphatic heterocycles. The summed E-state index contributed by atoms with van der Waals surface area (Å²) in [6, 6.07) is 5.20. The van der Waals surface area contributed by atoms with E-state index in [2.05, 4.69) is 25.6 Å². The third-order valence-electron chi connectivity index (χ3n) is 5.29. The number of sulfonamides is 1. The number of aromatic nitrogens is 1. The fraction of sp³-hybridized carbons (Fsp3) is 0.400. The highest BCUT2D eigenvalue weighted by molar-refractivity contribution is 9.10. The number of nitrogens with zero attached hydrogens (tertiary/aromatic N) is 3. The number of hydrogen-bond donors (Lipinski definition) is 1. The third-order valence-corrected chi connectivity index (χ3v) is 7.62.